The van der Waals surface area contributed by atoms with Crippen molar-refractivity contribution in [2.45, 2.75) is 45.8 Å². The number of carbonyl (C=O) groups excluding carboxylic acids is 1. The molecule has 3 heterocycles. The minimum atomic E-state index is -1.00. The number of halogens is 3. The quantitative estimate of drug-likeness (QED) is 0.0991. The number of aliphatic carboxylic acids is 1. The number of nitrogens with one attached hydrogen (secondary N) is 4. The number of carboxylic acid groups (broad SMARTS) is 1. The van der Waals surface area contributed by atoms with E-state index in [-0.39, 0.29) is 30.9 Å². The molecule has 10 nitrogen and oxygen atoms in total. The van der Waals surface area contributed by atoms with Crippen LogP contribution in [0.4, 0.5) is 15.9 Å². The van der Waals surface area contributed by atoms with Crippen LogP contribution in [0.25, 0.3) is 22.4 Å². The van der Waals surface area contributed by atoms with Gasteiger partial charge in [-0.05, 0) is 44.5 Å². The van der Waals surface area contributed by atoms with Gasteiger partial charge in [0.2, 0.25) is 5.91 Å². The maximum Gasteiger partial charge on any atom is 0.310 e. The van der Waals surface area contributed by atoms with Crippen LogP contribution in [-0.2, 0) is 22.7 Å². The van der Waals surface area contributed by atoms with Crippen LogP contribution in [-0.4, -0.2) is 53.2 Å². The maximum absolute atomic E-state index is 15.5. The van der Waals surface area contributed by atoms with Crippen molar-refractivity contribution in [2.75, 3.05) is 25.5 Å². The Labute approximate surface area is 288 Å². The van der Waals surface area contributed by atoms with Gasteiger partial charge in [0.15, 0.2) is 11.6 Å². The molecule has 5 rings (SSSR count). The topological polar surface area (TPSA) is 138 Å². The highest BCUT2D eigenvalue weighted by molar-refractivity contribution is 6.39. The van der Waals surface area contributed by atoms with Gasteiger partial charge >= 0.3 is 5.97 Å². The fraction of sp³-hybridized carbons (Fsp3) is 0.314. The summed E-state index contributed by atoms with van der Waals surface area (Å²) in [4.78, 5) is 31.6. The monoisotopic (exact) mass is 694 g/mol. The van der Waals surface area contributed by atoms with Gasteiger partial charge in [0.25, 0.3) is 0 Å². The molecule has 5 N–H and O–H groups in total. The average Bonchev–Trinajstić information content (AvgIpc) is 3.48. The van der Waals surface area contributed by atoms with Gasteiger partial charge in [-0.15, -0.1) is 0 Å². The van der Waals surface area contributed by atoms with E-state index in [9.17, 15) is 14.7 Å². The standard InChI is InChI=1S/C35H37Cl2FN6O4/c1-35(2,34(46)47)19-40-17-22-11-13-42-33(31(22)38)44-26-6-4-5-24(29(26)36)25-12-14-41-32(30(25)37)20-7-8-21(27(15-20)48-3)16-39-18-23-9-10-28(45)43-23/h4-8,11-15,23,39-40H,9-10,16-19H2,1-3H3,(H,42,44)(H,43,45)(H,46,47)/t23-/m0/s1. The number of rotatable bonds is 14. The third kappa shape index (κ3) is 8.04. The van der Waals surface area contributed by atoms with E-state index in [1.807, 2.05) is 24.3 Å². The van der Waals surface area contributed by atoms with Gasteiger partial charge in [-0.3, -0.25) is 14.6 Å². The Bertz CT molecular complexity index is 1820. The molecule has 0 bridgehead atoms. The van der Waals surface area contributed by atoms with E-state index in [1.165, 1.54) is 12.3 Å². The second-order valence-corrected chi connectivity index (χ2v) is 13.0. The van der Waals surface area contributed by atoms with E-state index in [0.717, 1.165) is 17.5 Å². The maximum atomic E-state index is 15.5. The van der Waals surface area contributed by atoms with Crippen molar-refractivity contribution in [1.29, 1.82) is 0 Å². The number of carbonyl (C=O) groups is 2. The number of hydrogen-bond donors (Lipinski definition) is 5. The first-order valence-corrected chi connectivity index (χ1v) is 16.2. The highest BCUT2D eigenvalue weighted by Gasteiger charge is 2.27. The summed E-state index contributed by atoms with van der Waals surface area (Å²) in [6.07, 6.45) is 4.50. The van der Waals surface area contributed by atoms with Gasteiger partial charge in [-0.1, -0.05) is 47.5 Å². The van der Waals surface area contributed by atoms with Crippen LogP contribution in [0.15, 0.2) is 60.9 Å². The molecule has 0 aliphatic carbocycles. The molecule has 1 aliphatic heterocycles. The molecule has 2 aromatic carbocycles. The van der Waals surface area contributed by atoms with Crippen LogP contribution >= 0.6 is 23.2 Å². The Morgan fingerprint density at radius 3 is 2.52 bits per heavy atom. The van der Waals surface area contributed by atoms with E-state index >= 15 is 4.39 Å². The number of aromatic nitrogens is 2. The number of anilines is 2. The number of methoxy groups -OCH3 is 1. The predicted octanol–water partition coefficient (Wildman–Crippen LogP) is 6.58. The number of hydrogen-bond acceptors (Lipinski definition) is 8. The minimum absolute atomic E-state index is 0.0259. The van der Waals surface area contributed by atoms with Crippen molar-refractivity contribution in [1.82, 2.24) is 25.9 Å². The fourth-order valence-electron chi connectivity index (χ4n) is 5.36. The predicted molar refractivity (Wildman–Crippen MR) is 185 cm³/mol. The molecule has 0 unspecified atom stereocenters. The van der Waals surface area contributed by atoms with Crippen molar-refractivity contribution >= 4 is 46.6 Å². The average molecular weight is 696 g/mol. The van der Waals surface area contributed by atoms with Crippen molar-refractivity contribution in [3.05, 3.63) is 87.9 Å². The lowest BCUT2D eigenvalue weighted by atomic mass is 9.94. The normalized spacial score (nSPS) is 14.5. The van der Waals surface area contributed by atoms with Gasteiger partial charge in [0.05, 0.1) is 34.0 Å². The SMILES string of the molecule is COc1cc(-c2nccc(-c3cccc(Nc4nccc(CNCC(C)(C)C(=O)O)c4F)c3Cl)c2Cl)ccc1CNC[C@@H]1CCC(=O)N1. The molecule has 1 saturated heterocycles. The third-order valence-corrected chi connectivity index (χ3v) is 9.00. The van der Waals surface area contributed by atoms with E-state index in [2.05, 4.69) is 31.2 Å². The summed E-state index contributed by atoms with van der Waals surface area (Å²) in [7, 11) is 1.60. The molecule has 48 heavy (non-hydrogen) atoms. The molecule has 1 aliphatic rings. The van der Waals surface area contributed by atoms with Crippen molar-refractivity contribution in [3.63, 3.8) is 0 Å². The second-order valence-electron chi connectivity index (χ2n) is 12.2. The highest BCUT2D eigenvalue weighted by Crippen LogP contribution is 2.42. The molecule has 1 fully saturated rings. The smallest absolute Gasteiger partial charge is 0.310 e. The zero-order valence-electron chi connectivity index (χ0n) is 26.8. The number of benzene rings is 2. The molecular formula is C35H37Cl2FN6O4. The Hall–Kier alpha value is -4.29. The van der Waals surface area contributed by atoms with Crippen LogP contribution in [0.2, 0.25) is 10.0 Å². The van der Waals surface area contributed by atoms with Crippen LogP contribution in [0, 0.1) is 11.2 Å². The zero-order valence-corrected chi connectivity index (χ0v) is 28.3. The fourth-order valence-corrected chi connectivity index (χ4v) is 5.96. The first kappa shape index (κ1) is 35.0. The Morgan fingerprint density at radius 1 is 1.04 bits per heavy atom. The van der Waals surface area contributed by atoms with Crippen LogP contribution in [0.3, 0.4) is 0 Å². The van der Waals surface area contributed by atoms with Crippen LogP contribution in [0.5, 0.6) is 5.75 Å². The van der Waals surface area contributed by atoms with Crippen molar-refractivity contribution in [2.24, 2.45) is 5.41 Å². The van der Waals surface area contributed by atoms with Gasteiger partial charge < -0.3 is 31.1 Å². The molecular weight excluding hydrogens is 658 g/mol. The minimum Gasteiger partial charge on any atom is -0.496 e. The molecule has 0 radical (unpaired) electrons. The molecule has 2 aromatic heterocycles. The number of ether oxygens (including phenoxy) is 1. The molecule has 0 spiro atoms. The number of pyridine rings is 2. The summed E-state index contributed by atoms with van der Waals surface area (Å²) < 4.78 is 21.1. The lowest BCUT2D eigenvalue weighted by Crippen LogP contribution is -2.35. The number of nitrogens with zero attached hydrogens (tertiary/aromatic N) is 2. The van der Waals surface area contributed by atoms with Gasteiger partial charge in [0, 0.05) is 78.9 Å². The van der Waals surface area contributed by atoms with E-state index in [1.54, 1.807) is 45.4 Å². The Balaban J connectivity index is 1.34. The zero-order chi connectivity index (χ0) is 34.4. The Morgan fingerprint density at radius 2 is 1.79 bits per heavy atom. The summed E-state index contributed by atoms with van der Waals surface area (Å²) in [5.74, 6) is -0.803. The molecule has 4 aromatic rings. The summed E-state index contributed by atoms with van der Waals surface area (Å²) in [5, 5.41) is 22.4. The molecule has 1 atom stereocenters. The first-order chi connectivity index (χ1) is 23.0. The van der Waals surface area contributed by atoms with Crippen molar-refractivity contribution < 1.29 is 23.8 Å². The largest absolute Gasteiger partial charge is 0.496 e. The molecule has 252 valence electrons. The Kier molecular flexibility index (Phi) is 11.2. The van der Waals surface area contributed by atoms with Crippen molar-refractivity contribution in [3.8, 4) is 28.1 Å². The molecule has 13 heteroatoms. The lowest BCUT2D eigenvalue weighted by Gasteiger charge is -2.20. The van der Waals surface area contributed by atoms with Gasteiger partial charge in [-0.25, -0.2) is 9.37 Å². The van der Waals surface area contributed by atoms with Crippen LogP contribution in [0.1, 0.15) is 37.8 Å². The first-order valence-electron chi connectivity index (χ1n) is 15.4. The summed E-state index contributed by atoms with van der Waals surface area (Å²) >= 11 is 13.8. The highest BCUT2D eigenvalue weighted by atomic mass is 35.5. The summed E-state index contributed by atoms with van der Waals surface area (Å²) in [5.41, 5.74) is 3.21. The number of carboxylic acids is 1. The summed E-state index contributed by atoms with van der Waals surface area (Å²) in [6.45, 7) is 4.69. The van der Waals surface area contributed by atoms with Gasteiger partial charge in [-0.2, -0.15) is 0 Å². The molecule has 0 saturated carbocycles. The van der Waals surface area contributed by atoms with Crippen LogP contribution < -0.4 is 26.0 Å². The van der Waals surface area contributed by atoms with Gasteiger partial charge in [0.1, 0.15) is 5.75 Å². The van der Waals surface area contributed by atoms with E-state index in [0.29, 0.717) is 63.4 Å². The van der Waals surface area contributed by atoms with E-state index in [4.69, 9.17) is 27.9 Å². The lowest BCUT2D eigenvalue weighted by molar-refractivity contribution is -0.146. The summed E-state index contributed by atoms with van der Waals surface area (Å²) in [6, 6.07) is 14.5. The molecule has 1 amide bonds. The number of amides is 1. The third-order valence-electron chi connectivity index (χ3n) is 8.21. The second kappa shape index (κ2) is 15.3. The van der Waals surface area contributed by atoms with E-state index < -0.39 is 17.2 Å².